The van der Waals surface area contributed by atoms with Gasteiger partial charge in [0.05, 0.1) is 0 Å². The molecule has 1 heterocycles. The van der Waals surface area contributed by atoms with E-state index in [9.17, 15) is 9.18 Å². The molecule has 1 rings (SSSR count). The predicted molar refractivity (Wildman–Crippen MR) is 42.1 cm³/mol. The fraction of sp³-hybridized carbons (Fsp3) is 0. The zero-order valence-electron chi connectivity index (χ0n) is 5.75. The van der Waals surface area contributed by atoms with E-state index >= 15 is 0 Å². The summed E-state index contributed by atoms with van der Waals surface area (Å²) >= 11 is 2.82. The molecule has 2 N–H and O–H groups in total. The number of hydrogen-bond acceptors (Lipinski definition) is 3. The van der Waals surface area contributed by atoms with Gasteiger partial charge < -0.3 is 10.5 Å². The van der Waals surface area contributed by atoms with Crippen LogP contribution in [-0.4, -0.2) is 11.1 Å². The Balaban J connectivity index is 3.00. The monoisotopic (exact) mass is 234 g/mol. The van der Waals surface area contributed by atoms with Crippen LogP contribution < -0.4 is 10.5 Å². The van der Waals surface area contributed by atoms with Gasteiger partial charge in [-0.05, 0) is 15.9 Å². The van der Waals surface area contributed by atoms with E-state index in [0.717, 1.165) is 0 Å². The van der Waals surface area contributed by atoms with Gasteiger partial charge >= 0.3 is 6.09 Å². The second kappa shape index (κ2) is 3.48. The number of pyridine rings is 1. The predicted octanol–water partition coefficient (Wildman–Crippen LogP) is 1.44. The number of hydrogen-bond donors (Lipinski definition) is 1. The maximum absolute atomic E-state index is 12.9. The second-order valence-corrected chi connectivity index (χ2v) is 2.59. The van der Waals surface area contributed by atoms with Crippen molar-refractivity contribution in [3.63, 3.8) is 0 Å². The molecule has 0 saturated heterocycles. The lowest BCUT2D eigenvalue weighted by molar-refractivity contribution is 0.208. The number of amides is 1. The first kappa shape index (κ1) is 8.92. The Bertz CT molecular complexity index is 318. The summed E-state index contributed by atoms with van der Waals surface area (Å²) in [4.78, 5) is 13.8. The van der Waals surface area contributed by atoms with E-state index in [1.54, 1.807) is 0 Å². The van der Waals surface area contributed by atoms with Crippen LogP contribution >= 0.6 is 15.9 Å². The lowest BCUT2D eigenvalue weighted by Crippen LogP contribution is -2.17. The highest BCUT2D eigenvalue weighted by Crippen LogP contribution is 2.21. The van der Waals surface area contributed by atoms with Gasteiger partial charge in [-0.1, -0.05) is 0 Å². The summed E-state index contributed by atoms with van der Waals surface area (Å²) in [7, 11) is 0. The molecule has 0 spiro atoms. The fourth-order valence-corrected chi connectivity index (χ4v) is 0.903. The summed E-state index contributed by atoms with van der Waals surface area (Å²) in [6.45, 7) is 0. The van der Waals surface area contributed by atoms with E-state index < -0.39 is 11.9 Å². The number of aromatic nitrogens is 1. The van der Waals surface area contributed by atoms with Crippen LogP contribution in [0.3, 0.4) is 0 Å². The molecule has 1 aromatic heterocycles. The van der Waals surface area contributed by atoms with Crippen LogP contribution in [0.2, 0.25) is 0 Å². The number of halogens is 2. The maximum atomic E-state index is 12.9. The second-order valence-electron chi connectivity index (χ2n) is 1.83. The van der Waals surface area contributed by atoms with Crippen LogP contribution in [-0.2, 0) is 0 Å². The van der Waals surface area contributed by atoms with E-state index in [1.165, 1.54) is 12.3 Å². The van der Waals surface area contributed by atoms with E-state index in [4.69, 9.17) is 0 Å². The summed E-state index contributed by atoms with van der Waals surface area (Å²) in [5, 5.41) is 0. The number of carbonyl (C=O) groups excluding carboxylic acids is 1. The smallest absolute Gasteiger partial charge is 0.407 e. The van der Waals surface area contributed by atoms with Crippen molar-refractivity contribution in [3.8, 4) is 5.75 Å². The van der Waals surface area contributed by atoms with Crippen molar-refractivity contribution in [2.75, 3.05) is 0 Å². The summed E-state index contributed by atoms with van der Waals surface area (Å²) in [6.07, 6.45) is 0.220. The van der Waals surface area contributed by atoms with Gasteiger partial charge in [-0.3, -0.25) is 0 Å². The highest BCUT2D eigenvalue weighted by molar-refractivity contribution is 9.10. The highest BCUT2D eigenvalue weighted by Gasteiger charge is 2.09. The van der Waals surface area contributed by atoms with Crippen molar-refractivity contribution < 1.29 is 13.9 Å². The molecule has 0 atom stereocenters. The van der Waals surface area contributed by atoms with E-state index in [0.29, 0.717) is 0 Å². The molecule has 0 bridgehead atoms. The van der Waals surface area contributed by atoms with E-state index in [2.05, 4.69) is 31.4 Å². The molecule has 1 aromatic rings. The van der Waals surface area contributed by atoms with Gasteiger partial charge in [0.25, 0.3) is 0 Å². The first-order chi connectivity index (χ1) is 5.61. The number of nitrogens with zero attached hydrogens (tertiary/aromatic N) is 1. The van der Waals surface area contributed by atoms with Gasteiger partial charge in [0.15, 0.2) is 11.6 Å². The molecular weight excluding hydrogens is 231 g/mol. The van der Waals surface area contributed by atoms with E-state index in [1.807, 2.05) is 0 Å². The van der Waals surface area contributed by atoms with Gasteiger partial charge in [-0.25, -0.2) is 9.78 Å². The van der Waals surface area contributed by atoms with Crippen LogP contribution in [0.25, 0.3) is 0 Å². The van der Waals surface area contributed by atoms with Crippen molar-refractivity contribution >= 4 is 22.0 Å². The Morgan fingerprint density at radius 2 is 2.42 bits per heavy atom. The standard InChI is InChI=1S/C6H4BrFN2O2/c7-5-4(8)3(1-2-10-5)12-6(9)11/h1-2H,(H2,9,11). The molecule has 0 saturated carbocycles. The van der Waals surface area contributed by atoms with Crippen LogP contribution in [0, 0.1) is 5.82 Å². The summed E-state index contributed by atoms with van der Waals surface area (Å²) in [6, 6.07) is 1.20. The number of rotatable bonds is 1. The lowest BCUT2D eigenvalue weighted by atomic mass is 10.4. The molecule has 0 aliphatic carbocycles. The van der Waals surface area contributed by atoms with Gasteiger partial charge in [-0.15, -0.1) is 0 Å². The van der Waals surface area contributed by atoms with Crippen LogP contribution in [0.4, 0.5) is 9.18 Å². The molecule has 0 aromatic carbocycles. The lowest BCUT2D eigenvalue weighted by Gasteiger charge is -2.01. The topological polar surface area (TPSA) is 65.2 Å². The summed E-state index contributed by atoms with van der Waals surface area (Å²) in [5.74, 6) is -0.999. The minimum Gasteiger partial charge on any atom is -0.407 e. The first-order valence-electron chi connectivity index (χ1n) is 2.88. The minimum absolute atomic E-state index is 0.0266. The number of carbonyl (C=O) groups is 1. The third kappa shape index (κ3) is 1.91. The Morgan fingerprint density at radius 3 is 3.00 bits per heavy atom. The molecule has 12 heavy (non-hydrogen) atoms. The molecular formula is C6H4BrFN2O2. The quantitative estimate of drug-likeness (QED) is 0.749. The Labute approximate surface area is 75.7 Å². The average molecular weight is 235 g/mol. The first-order valence-corrected chi connectivity index (χ1v) is 3.68. The van der Waals surface area contributed by atoms with Crippen LogP contribution in [0.5, 0.6) is 5.75 Å². The zero-order chi connectivity index (χ0) is 9.14. The van der Waals surface area contributed by atoms with Crippen molar-refractivity contribution in [1.29, 1.82) is 0 Å². The molecule has 6 heteroatoms. The van der Waals surface area contributed by atoms with Gasteiger partial charge in [0, 0.05) is 12.3 Å². The molecule has 1 amide bonds. The van der Waals surface area contributed by atoms with Gasteiger partial charge in [0.2, 0.25) is 0 Å². The Hall–Kier alpha value is -1.17. The molecule has 0 aliphatic rings. The zero-order valence-corrected chi connectivity index (χ0v) is 7.34. The van der Waals surface area contributed by atoms with Gasteiger partial charge in [-0.2, -0.15) is 4.39 Å². The van der Waals surface area contributed by atoms with Crippen LogP contribution in [0.15, 0.2) is 16.9 Å². The SMILES string of the molecule is NC(=O)Oc1ccnc(Br)c1F. The summed E-state index contributed by atoms with van der Waals surface area (Å²) < 4.78 is 17.2. The van der Waals surface area contributed by atoms with Crippen molar-refractivity contribution in [3.05, 3.63) is 22.7 Å². The highest BCUT2D eigenvalue weighted by atomic mass is 79.9. The van der Waals surface area contributed by atoms with Gasteiger partial charge in [0.1, 0.15) is 4.60 Å². The van der Waals surface area contributed by atoms with Crippen molar-refractivity contribution in [2.24, 2.45) is 5.73 Å². The normalized spacial score (nSPS) is 9.50. The fourth-order valence-electron chi connectivity index (χ4n) is 0.589. The molecule has 0 radical (unpaired) electrons. The molecule has 0 aliphatic heterocycles. The minimum atomic E-state index is -1.06. The van der Waals surface area contributed by atoms with Crippen LogP contribution in [0.1, 0.15) is 0 Å². The van der Waals surface area contributed by atoms with Crippen molar-refractivity contribution in [2.45, 2.75) is 0 Å². The third-order valence-electron chi connectivity index (χ3n) is 1.02. The maximum Gasteiger partial charge on any atom is 0.410 e. The number of nitrogens with two attached hydrogens (primary N) is 1. The average Bonchev–Trinajstić information content (AvgIpc) is 1.98. The molecule has 0 unspecified atom stereocenters. The molecule has 4 nitrogen and oxygen atoms in total. The van der Waals surface area contributed by atoms with Crippen molar-refractivity contribution in [1.82, 2.24) is 4.98 Å². The number of primary amides is 1. The Morgan fingerprint density at radius 1 is 1.75 bits per heavy atom. The summed E-state index contributed by atoms with van der Waals surface area (Å²) in [5.41, 5.74) is 4.68. The number of ether oxygens (including phenoxy) is 1. The largest absolute Gasteiger partial charge is 0.410 e. The molecule has 0 fully saturated rings. The van der Waals surface area contributed by atoms with E-state index in [-0.39, 0.29) is 10.4 Å². The molecule has 64 valence electrons. The Kier molecular flexibility index (Phi) is 2.59. The third-order valence-corrected chi connectivity index (χ3v) is 1.57.